The van der Waals surface area contributed by atoms with E-state index in [-0.39, 0.29) is 5.60 Å². The molecule has 6 aliphatic carbocycles. The molecule has 6 fully saturated rings. The monoisotopic (exact) mass is 695 g/mol. The molecule has 6 aliphatic rings. The lowest BCUT2D eigenvalue weighted by Crippen LogP contribution is -2.50. The van der Waals surface area contributed by atoms with Crippen LogP contribution in [-0.2, 0) is 4.74 Å². The van der Waals surface area contributed by atoms with Crippen LogP contribution in [0.2, 0.25) is 23.7 Å². The van der Waals surface area contributed by atoms with Gasteiger partial charge in [0.1, 0.15) is 0 Å². The van der Waals surface area contributed by atoms with Gasteiger partial charge in [-0.15, -0.1) is 0 Å². The molecule has 14 unspecified atom stereocenters. The normalized spacial score (nSPS) is 43.3. The zero-order valence-corrected chi connectivity index (χ0v) is 35.6. The summed E-state index contributed by atoms with van der Waals surface area (Å²) in [5.74, 6) is 13.3. The maximum Gasteiger partial charge on any atom is 0.0598 e. The predicted molar refractivity (Wildman–Crippen MR) is 216 cm³/mol. The Kier molecular flexibility index (Phi) is 13.2. The second-order valence-electron chi connectivity index (χ2n) is 21.8. The van der Waals surface area contributed by atoms with E-state index in [0.29, 0.717) is 0 Å². The smallest absolute Gasteiger partial charge is 0.0598 e. The van der Waals surface area contributed by atoms with Crippen molar-refractivity contribution in [1.82, 2.24) is 0 Å². The molecule has 0 aromatic carbocycles. The molecule has 49 heavy (non-hydrogen) atoms. The van der Waals surface area contributed by atoms with Crippen molar-refractivity contribution < 1.29 is 4.74 Å². The first-order valence-corrected chi connectivity index (χ1v) is 25.9. The Balaban J connectivity index is 1.27. The molecule has 2 heteroatoms. The van der Waals surface area contributed by atoms with Crippen LogP contribution in [0.25, 0.3) is 0 Å². The van der Waals surface area contributed by atoms with Crippen LogP contribution in [0.5, 0.6) is 0 Å². The fraction of sp³-hybridized carbons (Fsp3) is 1.00. The van der Waals surface area contributed by atoms with Gasteiger partial charge in [0, 0.05) is 6.61 Å². The van der Waals surface area contributed by atoms with Crippen LogP contribution < -0.4 is 0 Å². The standard InChI is InChI=1S/C47H86OSi/c1-32(2)41-31-44-37(36-19-13-12-14-20-36)21-17-24-40(44)46(41)49(9,28-16-11-10-15-27-48-47(6,7)8)45-35(5)30-43-38(22-18-23-39(43)45)42-29-33(3)25-26-34(42)4/h32-46H,10-31H2,1-9H3. The van der Waals surface area contributed by atoms with Crippen molar-refractivity contribution >= 4 is 8.07 Å². The number of ether oxygens (including phenoxy) is 1. The van der Waals surface area contributed by atoms with Crippen molar-refractivity contribution in [3.05, 3.63) is 0 Å². The van der Waals surface area contributed by atoms with Gasteiger partial charge in [-0.1, -0.05) is 137 Å². The molecule has 0 aromatic heterocycles. The summed E-state index contributed by atoms with van der Waals surface area (Å²) in [6.45, 7) is 24.2. The maximum absolute atomic E-state index is 6.15. The second-order valence-corrected chi connectivity index (χ2v) is 26.7. The van der Waals surface area contributed by atoms with Gasteiger partial charge >= 0.3 is 0 Å². The van der Waals surface area contributed by atoms with Gasteiger partial charge in [0.25, 0.3) is 0 Å². The van der Waals surface area contributed by atoms with Crippen molar-refractivity contribution in [2.45, 2.75) is 213 Å². The largest absolute Gasteiger partial charge is 0.376 e. The molecule has 0 radical (unpaired) electrons. The summed E-state index contributed by atoms with van der Waals surface area (Å²) in [6, 6.07) is 1.65. The van der Waals surface area contributed by atoms with Crippen LogP contribution in [0.1, 0.15) is 184 Å². The molecule has 14 atom stereocenters. The third kappa shape index (κ3) is 8.62. The van der Waals surface area contributed by atoms with E-state index < -0.39 is 8.07 Å². The molecular formula is C47H86OSi. The van der Waals surface area contributed by atoms with Crippen molar-refractivity contribution in [2.75, 3.05) is 6.61 Å². The lowest BCUT2D eigenvalue weighted by Gasteiger charge is -2.52. The molecular weight excluding hydrogens is 609 g/mol. The third-order valence-electron chi connectivity index (χ3n) is 17.4. The second kappa shape index (κ2) is 16.7. The van der Waals surface area contributed by atoms with Crippen LogP contribution in [0.15, 0.2) is 0 Å². The zero-order valence-electron chi connectivity index (χ0n) is 34.6. The lowest BCUT2D eigenvalue weighted by molar-refractivity contribution is -0.00471. The summed E-state index contributed by atoms with van der Waals surface area (Å²) in [6.07, 6.45) is 30.6. The van der Waals surface area contributed by atoms with Crippen LogP contribution in [0.3, 0.4) is 0 Å². The Morgan fingerprint density at radius 2 is 1.20 bits per heavy atom. The minimum Gasteiger partial charge on any atom is -0.376 e. The minimum absolute atomic E-state index is 0.00626. The highest BCUT2D eigenvalue weighted by Gasteiger charge is 2.62. The van der Waals surface area contributed by atoms with Crippen LogP contribution >= 0.6 is 0 Å². The highest BCUT2D eigenvalue weighted by atomic mass is 28.3. The quantitative estimate of drug-likeness (QED) is 0.146. The van der Waals surface area contributed by atoms with Gasteiger partial charge in [0.2, 0.25) is 0 Å². The molecule has 1 nitrogen and oxygen atoms in total. The Morgan fingerprint density at radius 3 is 1.90 bits per heavy atom. The summed E-state index contributed by atoms with van der Waals surface area (Å²) in [7, 11) is -1.61. The van der Waals surface area contributed by atoms with E-state index in [0.717, 1.165) is 94.6 Å². The van der Waals surface area contributed by atoms with E-state index in [1.54, 1.807) is 76.7 Å². The predicted octanol–water partition coefficient (Wildman–Crippen LogP) is 14.6. The lowest BCUT2D eigenvalue weighted by atomic mass is 9.61. The van der Waals surface area contributed by atoms with E-state index in [2.05, 4.69) is 61.9 Å². The zero-order chi connectivity index (χ0) is 34.9. The van der Waals surface area contributed by atoms with Crippen molar-refractivity contribution in [1.29, 1.82) is 0 Å². The SMILES string of the molecule is CC1CCC(C)C(C2CCCC3C2CC(C)C3[Si](C)(CCCCCCOC(C)(C)C)C2C(C(C)C)CC3C(C4CCCCC4)CCCC32)C1. The summed E-state index contributed by atoms with van der Waals surface area (Å²) in [4.78, 5) is 0. The molecule has 0 spiro atoms. The fourth-order valence-corrected chi connectivity index (χ4v) is 23.4. The van der Waals surface area contributed by atoms with Gasteiger partial charge in [-0.25, -0.2) is 0 Å². The molecule has 284 valence electrons. The van der Waals surface area contributed by atoms with Crippen molar-refractivity contribution in [3.63, 3.8) is 0 Å². The molecule has 0 bridgehead atoms. The van der Waals surface area contributed by atoms with E-state index in [1.165, 1.54) is 57.8 Å². The molecule has 6 rings (SSSR count). The summed E-state index contributed by atoms with van der Waals surface area (Å²) < 4.78 is 6.15. The Morgan fingerprint density at radius 1 is 0.571 bits per heavy atom. The third-order valence-corrected chi connectivity index (χ3v) is 23.7. The average Bonchev–Trinajstić information content (AvgIpc) is 3.64. The molecule has 0 heterocycles. The summed E-state index contributed by atoms with van der Waals surface area (Å²) >= 11 is 0. The topological polar surface area (TPSA) is 9.23 Å². The van der Waals surface area contributed by atoms with Crippen molar-refractivity contribution in [2.24, 2.45) is 76.9 Å². The van der Waals surface area contributed by atoms with E-state index in [9.17, 15) is 0 Å². The molecule has 0 N–H and O–H groups in total. The highest BCUT2D eigenvalue weighted by molar-refractivity contribution is 6.81. The van der Waals surface area contributed by atoms with Crippen LogP contribution in [0, 0.1) is 76.9 Å². The van der Waals surface area contributed by atoms with Gasteiger partial charge in [0.05, 0.1) is 13.7 Å². The van der Waals surface area contributed by atoms with E-state index in [4.69, 9.17) is 4.74 Å². The molecule has 0 saturated heterocycles. The van der Waals surface area contributed by atoms with Crippen LogP contribution in [0.4, 0.5) is 0 Å². The molecule has 0 amide bonds. The Bertz CT molecular complexity index is 1010. The number of fused-ring (bicyclic) bond motifs is 2. The first-order valence-electron chi connectivity index (χ1n) is 23.0. The Hall–Kier alpha value is 0.177. The molecule has 0 aromatic rings. The van der Waals surface area contributed by atoms with Gasteiger partial charge in [-0.2, -0.15) is 0 Å². The van der Waals surface area contributed by atoms with Crippen LogP contribution in [-0.4, -0.2) is 20.3 Å². The first kappa shape index (κ1) is 38.9. The van der Waals surface area contributed by atoms with Gasteiger partial charge in [-0.3, -0.25) is 0 Å². The van der Waals surface area contributed by atoms with Gasteiger partial charge in [-0.05, 0) is 147 Å². The summed E-state index contributed by atoms with van der Waals surface area (Å²) in [5, 5.41) is 0. The summed E-state index contributed by atoms with van der Waals surface area (Å²) in [5.41, 5.74) is 2.21. The number of rotatable bonds is 12. The first-order chi connectivity index (χ1) is 23.4. The maximum atomic E-state index is 6.15. The number of unbranched alkanes of at least 4 members (excludes halogenated alkanes) is 3. The molecule has 6 saturated carbocycles. The number of hydrogen-bond acceptors (Lipinski definition) is 1. The van der Waals surface area contributed by atoms with Gasteiger partial charge < -0.3 is 4.74 Å². The molecule has 0 aliphatic heterocycles. The van der Waals surface area contributed by atoms with E-state index >= 15 is 0 Å². The van der Waals surface area contributed by atoms with Crippen molar-refractivity contribution in [3.8, 4) is 0 Å². The fourth-order valence-electron chi connectivity index (χ4n) is 15.6. The number of hydrogen-bond donors (Lipinski definition) is 0. The average molecular weight is 695 g/mol. The highest BCUT2D eigenvalue weighted by Crippen LogP contribution is 2.69. The van der Waals surface area contributed by atoms with E-state index in [1.807, 2.05) is 0 Å². The minimum atomic E-state index is -1.61. The Labute approximate surface area is 308 Å². The van der Waals surface area contributed by atoms with Gasteiger partial charge in [0.15, 0.2) is 0 Å².